The van der Waals surface area contributed by atoms with Crippen LogP contribution in [0.5, 0.6) is 0 Å². The van der Waals surface area contributed by atoms with Gasteiger partial charge in [0.25, 0.3) is 5.91 Å². The fourth-order valence-corrected chi connectivity index (χ4v) is 3.98. The highest BCUT2D eigenvalue weighted by molar-refractivity contribution is 5.99. The predicted octanol–water partition coefficient (Wildman–Crippen LogP) is 3.98. The Bertz CT molecular complexity index is 1140. The molecule has 0 spiro atoms. The number of benzene rings is 3. The molecule has 33 heavy (non-hydrogen) atoms. The van der Waals surface area contributed by atoms with E-state index >= 15 is 0 Å². The summed E-state index contributed by atoms with van der Waals surface area (Å²) in [5, 5.41) is 0. The van der Waals surface area contributed by atoms with Crippen molar-refractivity contribution in [2.75, 3.05) is 26.2 Å². The van der Waals surface area contributed by atoms with Crippen molar-refractivity contribution in [2.45, 2.75) is 12.8 Å². The smallest absolute Gasteiger partial charge is 0.254 e. The van der Waals surface area contributed by atoms with Gasteiger partial charge in [0.1, 0.15) is 11.6 Å². The zero-order chi connectivity index (χ0) is 23.2. The molecule has 6 heteroatoms. The first kappa shape index (κ1) is 22.4. The predicted molar refractivity (Wildman–Crippen MR) is 124 cm³/mol. The summed E-state index contributed by atoms with van der Waals surface area (Å²) in [6.45, 7) is 1.43. The zero-order valence-electron chi connectivity index (χ0n) is 18.2. The van der Waals surface area contributed by atoms with E-state index in [4.69, 9.17) is 0 Å². The molecule has 0 aromatic heterocycles. The van der Waals surface area contributed by atoms with E-state index in [1.807, 2.05) is 54.6 Å². The van der Waals surface area contributed by atoms with Crippen molar-refractivity contribution < 1.29 is 18.8 Å². The molecule has 3 aromatic carbocycles. The van der Waals surface area contributed by atoms with Gasteiger partial charge in [-0.2, -0.15) is 0 Å². The number of ketones is 1. The van der Waals surface area contributed by atoms with Gasteiger partial charge in [0.2, 0.25) is 5.91 Å². The fraction of sp³-hybridized carbons (Fsp3) is 0.222. The number of carbonyl (C=O) groups excluding carboxylic acids is 3. The van der Waals surface area contributed by atoms with Crippen LogP contribution in [-0.2, 0) is 16.0 Å². The Balaban J connectivity index is 1.26. The average Bonchev–Trinajstić information content (AvgIpc) is 2.84. The van der Waals surface area contributed by atoms with E-state index in [0.29, 0.717) is 31.7 Å². The van der Waals surface area contributed by atoms with Gasteiger partial charge in [-0.25, -0.2) is 4.39 Å². The molecule has 0 N–H and O–H groups in total. The number of rotatable bonds is 6. The first-order valence-electron chi connectivity index (χ1n) is 11.0. The van der Waals surface area contributed by atoms with E-state index in [2.05, 4.69) is 0 Å². The maximum Gasteiger partial charge on any atom is 0.254 e. The molecular formula is C27H25FN2O3. The van der Waals surface area contributed by atoms with Crippen LogP contribution in [0.3, 0.4) is 0 Å². The van der Waals surface area contributed by atoms with Crippen LogP contribution in [0, 0.1) is 5.82 Å². The molecule has 0 aliphatic carbocycles. The molecule has 2 amide bonds. The summed E-state index contributed by atoms with van der Waals surface area (Å²) in [6.07, 6.45) is 0.0527. The second-order valence-corrected chi connectivity index (χ2v) is 8.14. The minimum Gasteiger partial charge on any atom is -0.339 e. The van der Waals surface area contributed by atoms with Gasteiger partial charge in [-0.1, -0.05) is 60.7 Å². The van der Waals surface area contributed by atoms with Crippen LogP contribution >= 0.6 is 0 Å². The third-order valence-corrected chi connectivity index (χ3v) is 5.80. The molecule has 0 unspecified atom stereocenters. The molecule has 0 saturated carbocycles. The number of hydrogen-bond donors (Lipinski definition) is 0. The van der Waals surface area contributed by atoms with Gasteiger partial charge in [-0.3, -0.25) is 14.4 Å². The molecule has 0 atom stereocenters. The number of amides is 2. The highest BCUT2D eigenvalue weighted by Crippen LogP contribution is 2.20. The Morgan fingerprint density at radius 1 is 0.727 bits per heavy atom. The zero-order valence-corrected chi connectivity index (χ0v) is 18.2. The standard InChI is InChI=1S/C27H25FN2O3/c28-24-8-4-7-23(18-24)27(33)30-15-13-29(14-16-30)26(32)19-25(31)17-20-9-11-22(12-10-20)21-5-2-1-3-6-21/h1-12,18H,13-17,19H2. The molecule has 4 rings (SSSR count). The van der Waals surface area contributed by atoms with Crippen molar-refractivity contribution in [1.82, 2.24) is 9.80 Å². The first-order valence-corrected chi connectivity index (χ1v) is 11.0. The topological polar surface area (TPSA) is 57.7 Å². The van der Waals surface area contributed by atoms with Gasteiger partial charge in [-0.15, -0.1) is 0 Å². The molecule has 1 fully saturated rings. The molecule has 1 aliphatic heterocycles. The van der Waals surface area contributed by atoms with Crippen molar-refractivity contribution in [3.8, 4) is 11.1 Å². The van der Waals surface area contributed by atoms with Crippen LogP contribution in [0.1, 0.15) is 22.3 Å². The van der Waals surface area contributed by atoms with E-state index in [9.17, 15) is 18.8 Å². The van der Waals surface area contributed by atoms with Gasteiger partial charge in [0.15, 0.2) is 0 Å². The lowest BCUT2D eigenvalue weighted by atomic mass is 10.0. The Morgan fingerprint density at radius 3 is 2.03 bits per heavy atom. The molecule has 5 nitrogen and oxygen atoms in total. The Labute approximate surface area is 192 Å². The minimum absolute atomic E-state index is 0.134. The monoisotopic (exact) mass is 444 g/mol. The quantitative estimate of drug-likeness (QED) is 0.541. The van der Waals surface area contributed by atoms with Crippen LogP contribution in [-0.4, -0.2) is 53.6 Å². The van der Waals surface area contributed by atoms with Gasteiger partial charge >= 0.3 is 0 Å². The first-order chi connectivity index (χ1) is 16.0. The molecule has 1 heterocycles. The van der Waals surface area contributed by atoms with Gasteiger partial charge < -0.3 is 9.80 Å². The van der Waals surface area contributed by atoms with E-state index in [1.54, 1.807) is 15.9 Å². The Kier molecular flexibility index (Phi) is 6.93. The van der Waals surface area contributed by atoms with Crippen molar-refractivity contribution in [3.05, 3.63) is 95.8 Å². The number of piperazine rings is 1. The molecule has 1 saturated heterocycles. The summed E-state index contributed by atoms with van der Waals surface area (Å²) >= 11 is 0. The third-order valence-electron chi connectivity index (χ3n) is 5.80. The van der Waals surface area contributed by atoms with Gasteiger partial charge in [-0.05, 0) is 34.9 Å². The van der Waals surface area contributed by atoms with Gasteiger partial charge in [0, 0.05) is 38.2 Å². The van der Waals surface area contributed by atoms with Gasteiger partial charge in [0.05, 0.1) is 6.42 Å². The van der Waals surface area contributed by atoms with Crippen molar-refractivity contribution in [3.63, 3.8) is 0 Å². The van der Waals surface area contributed by atoms with Crippen molar-refractivity contribution in [2.24, 2.45) is 0 Å². The summed E-state index contributed by atoms with van der Waals surface area (Å²) in [6, 6.07) is 23.4. The van der Waals surface area contributed by atoms with Crippen LogP contribution in [0.2, 0.25) is 0 Å². The Morgan fingerprint density at radius 2 is 1.36 bits per heavy atom. The normalized spacial score (nSPS) is 13.6. The summed E-state index contributed by atoms with van der Waals surface area (Å²) in [5.74, 6) is -1.07. The lowest BCUT2D eigenvalue weighted by Crippen LogP contribution is -2.51. The number of Topliss-reactive ketones (excluding diaryl/α,β-unsaturated/α-hetero) is 1. The number of carbonyl (C=O) groups is 3. The van der Waals surface area contributed by atoms with Crippen LogP contribution in [0.15, 0.2) is 78.9 Å². The number of hydrogen-bond acceptors (Lipinski definition) is 3. The largest absolute Gasteiger partial charge is 0.339 e. The number of halogens is 1. The number of nitrogens with zero attached hydrogens (tertiary/aromatic N) is 2. The maximum atomic E-state index is 13.4. The molecule has 0 bridgehead atoms. The van der Waals surface area contributed by atoms with E-state index in [0.717, 1.165) is 16.7 Å². The van der Waals surface area contributed by atoms with E-state index in [-0.39, 0.29) is 30.4 Å². The fourth-order valence-electron chi connectivity index (χ4n) is 3.98. The summed E-state index contributed by atoms with van der Waals surface area (Å²) in [4.78, 5) is 40.8. The third kappa shape index (κ3) is 5.71. The molecule has 168 valence electrons. The summed E-state index contributed by atoms with van der Waals surface area (Å²) in [5.41, 5.74) is 3.36. The maximum absolute atomic E-state index is 13.4. The minimum atomic E-state index is -0.456. The lowest BCUT2D eigenvalue weighted by Gasteiger charge is -2.34. The van der Waals surface area contributed by atoms with Crippen LogP contribution in [0.4, 0.5) is 4.39 Å². The van der Waals surface area contributed by atoms with Crippen LogP contribution in [0.25, 0.3) is 11.1 Å². The van der Waals surface area contributed by atoms with Crippen molar-refractivity contribution in [1.29, 1.82) is 0 Å². The molecule has 1 aliphatic rings. The SMILES string of the molecule is O=C(CC(=O)N1CCN(C(=O)c2cccc(F)c2)CC1)Cc1ccc(-c2ccccc2)cc1. The van der Waals surface area contributed by atoms with E-state index in [1.165, 1.54) is 18.2 Å². The molecule has 3 aromatic rings. The lowest BCUT2D eigenvalue weighted by molar-refractivity contribution is -0.136. The Hall–Kier alpha value is -3.80. The summed E-state index contributed by atoms with van der Waals surface area (Å²) < 4.78 is 13.4. The second kappa shape index (κ2) is 10.2. The molecular weight excluding hydrogens is 419 g/mol. The van der Waals surface area contributed by atoms with Crippen molar-refractivity contribution >= 4 is 17.6 Å². The van der Waals surface area contributed by atoms with E-state index < -0.39 is 5.82 Å². The average molecular weight is 445 g/mol. The van der Waals surface area contributed by atoms with Crippen LogP contribution < -0.4 is 0 Å². The summed E-state index contributed by atoms with van der Waals surface area (Å²) in [7, 11) is 0. The highest BCUT2D eigenvalue weighted by Gasteiger charge is 2.26. The highest BCUT2D eigenvalue weighted by atomic mass is 19.1. The molecule has 0 radical (unpaired) electrons. The second-order valence-electron chi connectivity index (χ2n) is 8.14.